The third-order valence-corrected chi connectivity index (χ3v) is 6.64. The molecule has 6 nitrogen and oxygen atoms in total. The molecule has 1 amide bonds. The van der Waals surface area contributed by atoms with Gasteiger partial charge in [-0.2, -0.15) is 0 Å². The van der Waals surface area contributed by atoms with Gasteiger partial charge in [0.05, 0.1) is 16.5 Å². The Labute approximate surface area is 164 Å². The molecule has 3 rings (SSSR count). The number of halogens is 1. The van der Waals surface area contributed by atoms with Crippen LogP contribution >= 0.6 is 11.6 Å². The van der Waals surface area contributed by atoms with Gasteiger partial charge in [0, 0.05) is 24.2 Å². The number of rotatable bonds is 6. The van der Waals surface area contributed by atoms with E-state index in [-0.39, 0.29) is 36.0 Å². The first-order chi connectivity index (χ1) is 12.8. The van der Waals surface area contributed by atoms with Crippen molar-refractivity contribution in [2.75, 3.05) is 24.7 Å². The largest absolute Gasteiger partial charge is 0.481 e. The Morgan fingerprint density at radius 1 is 1.37 bits per heavy atom. The van der Waals surface area contributed by atoms with Crippen molar-refractivity contribution in [3.8, 4) is 5.75 Å². The topological polar surface area (TPSA) is 76.6 Å². The van der Waals surface area contributed by atoms with Crippen LogP contribution in [-0.4, -0.2) is 54.9 Å². The van der Waals surface area contributed by atoms with Gasteiger partial charge in [-0.05, 0) is 36.6 Å². The second-order valence-electron chi connectivity index (χ2n) is 7.23. The molecule has 1 aliphatic heterocycles. The second kappa shape index (κ2) is 8.02. The van der Waals surface area contributed by atoms with Crippen LogP contribution in [0.2, 0.25) is 5.02 Å². The first-order valence-corrected chi connectivity index (χ1v) is 11.1. The molecule has 0 spiro atoms. The predicted molar refractivity (Wildman–Crippen MR) is 106 cm³/mol. The molecule has 1 saturated heterocycles. The fraction of sp³-hybridized carbons (Fsp3) is 0.474. The molecule has 0 N–H and O–H groups in total. The Morgan fingerprint density at radius 3 is 2.81 bits per heavy atom. The highest BCUT2D eigenvalue weighted by Gasteiger charge is 2.35. The van der Waals surface area contributed by atoms with Crippen molar-refractivity contribution >= 4 is 38.2 Å². The molecule has 8 heteroatoms. The van der Waals surface area contributed by atoms with Crippen LogP contribution in [-0.2, 0) is 14.6 Å². The highest BCUT2D eigenvalue weighted by molar-refractivity contribution is 7.91. The fourth-order valence-corrected chi connectivity index (χ4v) is 5.27. The zero-order valence-corrected chi connectivity index (χ0v) is 17.0. The summed E-state index contributed by atoms with van der Waals surface area (Å²) in [7, 11) is -3.07. The summed E-state index contributed by atoms with van der Waals surface area (Å²) in [6.07, 6.45) is 2.12. The molecular formula is C19H23ClN2O4S. The maximum atomic E-state index is 12.8. The second-order valence-corrected chi connectivity index (χ2v) is 9.87. The van der Waals surface area contributed by atoms with Crippen LogP contribution in [0.3, 0.4) is 0 Å². The van der Waals surface area contributed by atoms with Crippen LogP contribution in [0.25, 0.3) is 10.9 Å². The van der Waals surface area contributed by atoms with Gasteiger partial charge in [-0.1, -0.05) is 25.4 Å². The van der Waals surface area contributed by atoms with Crippen molar-refractivity contribution < 1.29 is 17.9 Å². The summed E-state index contributed by atoms with van der Waals surface area (Å²) in [5.41, 5.74) is 0.594. The minimum absolute atomic E-state index is 0.0247. The first-order valence-electron chi connectivity index (χ1n) is 8.93. The third-order valence-electron chi connectivity index (χ3n) is 4.56. The van der Waals surface area contributed by atoms with Crippen LogP contribution < -0.4 is 4.74 Å². The molecule has 27 heavy (non-hydrogen) atoms. The van der Waals surface area contributed by atoms with Crippen molar-refractivity contribution in [1.82, 2.24) is 9.88 Å². The lowest BCUT2D eigenvalue weighted by Gasteiger charge is -2.30. The molecule has 2 heterocycles. The summed E-state index contributed by atoms with van der Waals surface area (Å²) in [5, 5.41) is 1.32. The zero-order chi connectivity index (χ0) is 19.6. The molecule has 1 aromatic heterocycles. The molecule has 1 fully saturated rings. The number of sulfone groups is 1. The maximum absolute atomic E-state index is 12.8. The fourth-order valence-electron chi connectivity index (χ4n) is 3.32. The monoisotopic (exact) mass is 410 g/mol. The normalized spacial score (nSPS) is 18.7. The van der Waals surface area contributed by atoms with Gasteiger partial charge in [0.15, 0.2) is 16.4 Å². The summed E-state index contributed by atoms with van der Waals surface area (Å²) in [6, 6.07) is 6.74. The number of amides is 1. The van der Waals surface area contributed by atoms with Gasteiger partial charge in [-0.25, -0.2) is 8.42 Å². The van der Waals surface area contributed by atoms with Crippen molar-refractivity contribution in [3.63, 3.8) is 0 Å². The Bertz CT molecular complexity index is 946. The SMILES string of the molecule is CC(C)CN(C(=O)COc1ccc(Cl)c2cccnc12)[C@@H]1CCS(=O)(=O)C1. The summed E-state index contributed by atoms with van der Waals surface area (Å²) < 4.78 is 29.4. The molecule has 1 aliphatic rings. The number of hydrogen-bond donors (Lipinski definition) is 0. The molecular weight excluding hydrogens is 388 g/mol. The van der Waals surface area contributed by atoms with E-state index >= 15 is 0 Å². The van der Waals surface area contributed by atoms with Gasteiger partial charge >= 0.3 is 0 Å². The lowest BCUT2D eigenvalue weighted by atomic mass is 10.1. The average Bonchev–Trinajstić information content (AvgIpc) is 2.98. The zero-order valence-electron chi connectivity index (χ0n) is 15.4. The molecule has 0 saturated carbocycles. The molecule has 0 bridgehead atoms. The molecule has 2 aromatic rings. The van der Waals surface area contributed by atoms with Gasteiger partial charge < -0.3 is 9.64 Å². The number of nitrogens with zero attached hydrogens (tertiary/aromatic N) is 2. The first kappa shape index (κ1) is 19.9. The van der Waals surface area contributed by atoms with Gasteiger partial charge in [0.2, 0.25) is 0 Å². The number of ether oxygens (including phenoxy) is 1. The Hall–Kier alpha value is -1.86. The van der Waals surface area contributed by atoms with E-state index < -0.39 is 9.84 Å². The number of carbonyl (C=O) groups excluding carboxylic acids is 1. The molecule has 146 valence electrons. The lowest BCUT2D eigenvalue weighted by molar-refractivity contribution is -0.135. The number of hydrogen-bond acceptors (Lipinski definition) is 5. The minimum atomic E-state index is -3.07. The summed E-state index contributed by atoms with van der Waals surface area (Å²) >= 11 is 6.18. The van der Waals surface area contributed by atoms with E-state index in [4.69, 9.17) is 16.3 Å². The van der Waals surface area contributed by atoms with E-state index in [1.165, 1.54) is 0 Å². The van der Waals surface area contributed by atoms with Crippen LogP contribution in [0, 0.1) is 5.92 Å². The predicted octanol–water partition coefficient (Wildman–Crippen LogP) is 2.94. The van der Waals surface area contributed by atoms with Gasteiger partial charge in [-0.15, -0.1) is 0 Å². The Morgan fingerprint density at radius 2 is 2.15 bits per heavy atom. The van der Waals surface area contributed by atoms with Crippen LogP contribution in [0.1, 0.15) is 20.3 Å². The summed E-state index contributed by atoms with van der Waals surface area (Å²) in [5.74, 6) is 0.648. The summed E-state index contributed by atoms with van der Waals surface area (Å²) in [4.78, 5) is 18.8. The lowest BCUT2D eigenvalue weighted by Crippen LogP contribution is -2.45. The van der Waals surface area contributed by atoms with Crippen LogP contribution in [0.15, 0.2) is 30.5 Å². The molecule has 0 radical (unpaired) electrons. The number of pyridine rings is 1. The van der Waals surface area contributed by atoms with Crippen molar-refractivity contribution in [2.24, 2.45) is 5.92 Å². The van der Waals surface area contributed by atoms with E-state index in [2.05, 4.69) is 4.98 Å². The number of benzene rings is 1. The van der Waals surface area contributed by atoms with Gasteiger partial charge in [0.25, 0.3) is 5.91 Å². The number of aromatic nitrogens is 1. The van der Waals surface area contributed by atoms with E-state index in [1.54, 1.807) is 29.3 Å². The minimum Gasteiger partial charge on any atom is -0.481 e. The van der Waals surface area contributed by atoms with E-state index in [0.717, 1.165) is 5.39 Å². The van der Waals surface area contributed by atoms with Crippen LogP contribution in [0.4, 0.5) is 0 Å². The quantitative estimate of drug-likeness (QED) is 0.731. The number of fused-ring (bicyclic) bond motifs is 1. The molecule has 0 aliphatic carbocycles. The van der Waals surface area contributed by atoms with Crippen molar-refractivity contribution in [1.29, 1.82) is 0 Å². The van der Waals surface area contributed by atoms with Crippen LogP contribution in [0.5, 0.6) is 5.75 Å². The Balaban J connectivity index is 1.76. The van der Waals surface area contributed by atoms with Crippen molar-refractivity contribution in [2.45, 2.75) is 26.3 Å². The molecule has 1 atom stereocenters. The standard InChI is InChI=1S/C19H23ClN2O4S/c1-13(2)10-22(14-7-9-27(24,25)12-14)18(23)11-26-17-6-5-16(20)15-4-3-8-21-19(15)17/h3-6,8,13-14H,7,9-12H2,1-2H3/t14-/m1/s1. The van der Waals surface area contributed by atoms with E-state index in [1.807, 2.05) is 19.9 Å². The smallest absolute Gasteiger partial charge is 0.260 e. The maximum Gasteiger partial charge on any atom is 0.260 e. The van der Waals surface area contributed by atoms with Crippen molar-refractivity contribution in [3.05, 3.63) is 35.5 Å². The highest BCUT2D eigenvalue weighted by atomic mass is 35.5. The van der Waals surface area contributed by atoms with Gasteiger partial charge in [0.1, 0.15) is 11.3 Å². The Kier molecular flexibility index (Phi) is 5.91. The summed E-state index contributed by atoms with van der Waals surface area (Å²) in [6.45, 7) is 4.33. The average molecular weight is 411 g/mol. The van der Waals surface area contributed by atoms with Gasteiger partial charge in [-0.3, -0.25) is 9.78 Å². The highest BCUT2D eigenvalue weighted by Crippen LogP contribution is 2.29. The van der Waals surface area contributed by atoms with E-state index in [0.29, 0.717) is 29.3 Å². The molecule has 1 aromatic carbocycles. The number of carbonyl (C=O) groups is 1. The third kappa shape index (κ3) is 4.71. The van der Waals surface area contributed by atoms with E-state index in [9.17, 15) is 13.2 Å². The molecule has 0 unspecified atom stereocenters.